The number of amides is 3. The molecule has 0 radical (unpaired) electrons. The van der Waals surface area contributed by atoms with Gasteiger partial charge in [0.1, 0.15) is 0 Å². The van der Waals surface area contributed by atoms with E-state index in [4.69, 9.17) is 0 Å². The van der Waals surface area contributed by atoms with Gasteiger partial charge < -0.3 is 16.0 Å². The molecule has 1 heterocycles. The summed E-state index contributed by atoms with van der Waals surface area (Å²) in [4.78, 5) is 23.9. The zero-order valence-corrected chi connectivity index (χ0v) is 14.4. The van der Waals surface area contributed by atoms with Crippen LogP contribution in [0.4, 0.5) is 10.5 Å². The third-order valence-electron chi connectivity index (χ3n) is 3.63. The van der Waals surface area contributed by atoms with Crippen molar-refractivity contribution in [1.82, 2.24) is 20.8 Å². The van der Waals surface area contributed by atoms with Crippen molar-refractivity contribution in [3.63, 3.8) is 0 Å². The zero-order valence-electron chi connectivity index (χ0n) is 14.4. The molecule has 1 aromatic carbocycles. The zero-order chi connectivity index (χ0) is 17.7. The largest absolute Gasteiger partial charge is 0.355 e. The van der Waals surface area contributed by atoms with Gasteiger partial charge in [-0.3, -0.25) is 9.89 Å². The molecule has 7 heteroatoms. The number of urea groups is 1. The molecule has 0 aliphatic carbocycles. The standard InChI is InChI=1S/C17H23N5O2/c1-10-5-6-13(16(23)18-4)9-15(10)20-17(24)19-11(2)7-14-8-12(3)21-22-14/h5-6,8-9,11H,7H2,1-4H3,(H,18,23)(H,21,22)(H2,19,20,24). The van der Waals surface area contributed by atoms with Gasteiger partial charge in [0.2, 0.25) is 0 Å². The molecule has 24 heavy (non-hydrogen) atoms. The molecule has 1 unspecified atom stereocenters. The van der Waals surface area contributed by atoms with Crippen molar-refractivity contribution in [3.05, 3.63) is 46.8 Å². The fraction of sp³-hybridized carbons (Fsp3) is 0.353. The van der Waals surface area contributed by atoms with E-state index >= 15 is 0 Å². The average molecular weight is 329 g/mol. The Morgan fingerprint density at radius 1 is 1.25 bits per heavy atom. The van der Waals surface area contributed by atoms with Crippen molar-refractivity contribution in [2.75, 3.05) is 12.4 Å². The fourth-order valence-corrected chi connectivity index (χ4v) is 2.37. The third kappa shape index (κ3) is 4.58. The van der Waals surface area contributed by atoms with Gasteiger partial charge in [-0.25, -0.2) is 4.79 Å². The number of aryl methyl sites for hydroxylation is 2. The van der Waals surface area contributed by atoms with E-state index in [0.717, 1.165) is 17.0 Å². The Hall–Kier alpha value is -2.83. The van der Waals surface area contributed by atoms with Gasteiger partial charge in [-0.15, -0.1) is 0 Å². The first-order chi connectivity index (χ1) is 11.4. The highest BCUT2D eigenvalue weighted by molar-refractivity contribution is 5.97. The number of nitrogens with one attached hydrogen (secondary N) is 4. The Morgan fingerprint density at radius 3 is 2.62 bits per heavy atom. The third-order valence-corrected chi connectivity index (χ3v) is 3.63. The Kier molecular flexibility index (Phi) is 5.57. The van der Waals surface area contributed by atoms with Crippen molar-refractivity contribution in [2.24, 2.45) is 0 Å². The van der Waals surface area contributed by atoms with Gasteiger partial charge in [0.05, 0.1) is 5.69 Å². The molecule has 0 bridgehead atoms. The minimum atomic E-state index is -0.313. The number of hydrogen-bond acceptors (Lipinski definition) is 3. The quantitative estimate of drug-likeness (QED) is 0.676. The summed E-state index contributed by atoms with van der Waals surface area (Å²) >= 11 is 0. The Balaban J connectivity index is 1.97. The lowest BCUT2D eigenvalue weighted by atomic mass is 10.1. The van der Waals surface area contributed by atoms with Crippen LogP contribution in [0.25, 0.3) is 0 Å². The first-order valence-corrected chi connectivity index (χ1v) is 7.80. The van der Waals surface area contributed by atoms with Crippen molar-refractivity contribution < 1.29 is 9.59 Å². The minimum absolute atomic E-state index is 0.0740. The maximum Gasteiger partial charge on any atom is 0.319 e. The van der Waals surface area contributed by atoms with E-state index in [2.05, 4.69) is 26.1 Å². The number of carbonyl (C=O) groups is 2. The molecule has 7 nitrogen and oxygen atoms in total. The van der Waals surface area contributed by atoms with E-state index in [0.29, 0.717) is 17.7 Å². The SMILES string of the molecule is CNC(=O)c1ccc(C)c(NC(=O)NC(C)Cc2cc(C)[nH]n2)c1. The molecule has 4 N–H and O–H groups in total. The summed E-state index contributed by atoms with van der Waals surface area (Å²) in [6, 6.07) is 6.75. The second-order valence-electron chi connectivity index (χ2n) is 5.85. The average Bonchev–Trinajstić information content (AvgIpc) is 2.93. The molecule has 2 rings (SSSR count). The molecular formula is C17H23N5O2. The molecule has 0 fully saturated rings. The number of anilines is 1. The van der Waals surface area contributed by atoms with E-state index in [1.165, 1.54) is 0 Å². The highest BCUT2D eigenvalue weighted by Crippen LogP contribution is 2.17. The molecular weight excluding hydrogens is 306 g/mol. The number of aromatic nitrogens is 2. The van der Waals surface area contributed by atoms with E-state index < -0.39 is 0 Å². The highest BCUT2D eigenvalue weighted by atomic mass is 16.2. The summed E-state index contributed by atoms with van der Waals surface area (Å²) in [5.74, 6) is -0.194. The van der Waals surface area contributed by atoms with Crippen LogP contribution in [0.3, 0.4) is 0 Å². The molecule has 1 atom stereocenters. The minimum Gasteiger partial charge on any atom is -0.355 e. The highest BCUT2D eigenvalue weighted by Gasteiger charge is 2.12. The van der Waals surface area contributed by atoms with Crippen molar-refractivity contribution in [1.29, 1.82) is 0 Å². The van der Waals surface area contributed by atoms with Gasteiger partial charge >= 0.3 is 6.03 Å². The van der Waals surface area contributed by atoms with Gasteiger partial charge in [0, 0.05) is 36.5 Å². The van der Waals surface area contributed by atoms with Crippen LogP contribution in [0.2, 0.25) is 0 Å². The van der Waals surface area contributed by atoms with E-state index in [-0.39, 0.29) is 18.0 Å². The Bertz CT molecular complexity index is 738. The molecule has 128 valence electrons. The summed E-state index contributed by atoms with van der Waals surface area (Å²) in [5, 5.41) is 15.3. The molecule has 0 saturated heterocycles. The maximum absolute atomic E-state index is 12.2. The van der Waals surface area contributed by atoms with E-state index in [9.17, 15) is 9.59 Å². The second-order valence-corrected chi connectivity index (χ2v) is 5.85. The van der Waals surface area contributed by atoms with Gasteiger partial charge in [-0.05, 0) is 44.5 Å². The summed E-state index contributed by atoms with van der Waals surface area (Å²) in [5.41, 5.74) is 3.88. The van der Waals surface area contributed by atoms with Gasteiger partial charge in [0.15, 0.2) is 0 Å². The Morgan fingerprint density at radius 2 is 2.00 bits per heavy atom. The normalized spacial score (nSPS) is 11.7. The molecule has 1 aromatic heterocycles. The van der Waals surface area contributed by atoms with Gasteiger partial charge in [0.25, 0.3) is 5.91 Å². The number of nitrogens with zero attached hydrogens (tertiary/aromatic N) is 1. The summed E-state index contributed by atoms with van der Waals surface area (Å²) in [6.07, 6.45) is 0.634. The van der Waals surface area contributed by atoms with Crippen LogP contribution in [-0.2, 0) is 6.42 Å². The summed E-state index contributed by atoms with van der Waals surface area (Å²) in [7, 11) is 1.57. The van der Waals surface area contributed by atoms with Gasteiger partial charge in [-0.1, -0.05) is 6.07 Å². The topological polar surface area (TPSA) is 98.9 Å². The number of benzene rings is 1. The first-order valence-electron chi connectivity index (χ1n) is 7.80. The molecule has 0 spiro atoms. The van der Waals surface area contributed by atoms with Gasteiger partial charge in [-0.2, -0.15) is 5.10 Å². The number of hydrogen-bond donors (Lipinski definition) is 4. The fourth-order valence-electron chi connectivity index (χ4n) is 2.37. The monoisotopic (exact) mass is 329 g/mol. The van der Waals surface area contributed by atoms with E-state index in [1.807, 2.05) is 26.8 Å². The van der Waals surface area contributed by atoms with Crippen molar-refractivity contribution >= 4 is 17.6 Å². The first kappa shape index (κ1) is 17.5. The maximum atomic E-state index is 12.2. The molecule has 0 aliphatic rings. The number of aromatic amines is 1. The number of rotatable bonds is 5. The lowest BCUT2D eigenvalue weighted by Gasteiger charge is -2.15. The van der Waals surface area contributed by atoms with Crippen LogP contribution in [0.5, 0.6) is 0 Å². The lowest BCUT2D eigenvalue weighted by Crippen LogP contribution is -2.37. The van der Waals surface area contributed by atoms with Crippen LogP contribution in [0.15, 0.2) is 24.3 Å². The number of H-pyrrole nitrogens is 1. The van der Waals surface area contributed by atoms with E-state index in [1.54, 1.807) is 25.2 Å². The molecule has 3 amide bonds. The summed E-state index contributed by atoms with van der Waals surface area (Å²) in [6.45, 7) is 5.72. The lowest BCUT2D eigenvalue weighted by molar-refractivity contribution is 0.0963. The predicted octanol–water partition coefficient (Wildman–Crippen LogP) is 2.14. The molecule has 0 saturated carbocycles. The molecule has 2 aromatic rings. The van der Waals surface area contributed by atoms with Crippen LogP contribution in [-0.4, -0.2) is 35.2 Å². The van der Waals surface area contributed by atoms with Crippen LogP contribution in [0.1, 0.15) is 34.2 Å². The Labute approximate surface area is 141 Å². The molecule has 0 aliphatic heterocycles. The van der Waals surface area contributed by atoms with Crippen molar-refractivity contribution in [3.8, 4) is 0 Å². The number of carbonyl (C=O) groups excluding carboxylic acids is 2. The second kappa shape index (κ2) is 7.63. The smallest absolute Gasteiger partial charge is 0.319 e. The van der Waals surface area contributed by atoms with Crippen LogP contribution >= 0.6 is 0 Å². The van der Waals surface area contributed by atoms with Crippen molar-refractivity contribution in [2.45, 2.75) is 33.2 Å². The van der Waals surface area contributed by atoms with Crippen LogP contribution in [0, 0.1) is 13.8 Å². The van der Waals surface area contributed by atoms with Crippen LogP contribution < -0.4 is 16.0 Å². The summed E-state index contributed by atoms with van der Waals surface area (Å²) < 4.78 is 0. The predicted molar refractivity (Wildman–Crippen MR) is 93.2 cm³/mol.